The van der Waals surface area contributed by atoms with Gasteiger partial charge < -0.3 is 14.9 Å². The molecule has 0 amide bonds. The molecule has 0 aromatic heterocycles. The highest BCUT2D eigenvalue weighted by atomic mass is 32.2. The van der Waals surface area contributed by atoms with Crippen molar-refractivity contribution >= 4 is 16.0 Å². The highest BCUT2D eigenvalue weighted by Gasteiger charge is 2.36. The fraction of sp³-hybridized carbons (Fsp3) is 0.278. The van der Waals surface area contributed by atoms with Crippen LogP contribution < -0.4 is 9.46 Å². The molecule has 0 spiro atoms. The lowest BCUT2D eigenvalue weighted by Crippen LogP contribution is -2.44. The van der Waals surface area contributed by atoms with Gasteiger partial charge in [-0.2, -0.15) is 4.72 Å². The molecule has 29 heavy (non-hydrogen) atoms. The van der Waals surface area contributed by atoms with Crippen LogP contribution in [0.5, 0.6) is 11.5 Å². The first-order valence-corrected chi connectivity index (χ1v) is 9.73. The first-order valence-electron chi connectivity index (χ1n) is 8.24. The summed E-state index contributed by atoms with van der Waals surface area (Å²) in [4.78, 5) is 10.4. The van der Waals surface area contributed by atoms with Gasteiger partial charge in [-0.05, 0) is 41.3 Å². The van der Waals surface area contributed by atoms with E-state index in [0.717, 1.165) is 12.1 Å². The Hall–Kier alpha value is -2.79. The molecule has 2 aromatic rings. The number of carboxylic acid groups (broad SMARTS) is 1. The number of phenolic OH excluding ortho intramolecular Hbond substituents is 1. The van der Waals surface area contributed by atoms with Crippen LogP contribution in [-0.2, 0) is 14.8 Å². The summed E-state index contributed by atoms with van der Waals surface area (Å²) in [6.45, 7) is 2.89. The number of aromatic hydroxyl groups is 1. The van der Waals surface area contributed by atoms with E-state index < -0.39 is 45.0 Å². The molecule has 2 rings (SSSR count). The summed E-state index contributed by atoms with van der Waals surface area (Å²) in [5, 5.41) is 18.5. The molecule has 0 saturated heterocycles. The van der Waals surface area contributed by atoms with Gasteiger partial charge in [0.2, 0.25) is 10.0 Å². The highest BCUT2D eigenvalue weighted by molar-refractivity contribution is 7.89. The molecule has 0 heterocycles. The molecule has 0 aliphatic rings. The third-order valence-corrected chi connectivity index (χ3v) is 5.35. The van der Waals surface area contributed by atoms with Crippen molar-refractivity contribution in [3.63, 3.8) is 0 Å². The molecule has 3 N–H and O–H groups in total. The average Bonchev–Trinajstić information content (AvgIpc) is 2.58. The van der Waals surface area contributed by atoms with Crippen molar-refractivity contribution in [2.45, 2.75) is 31.1 Å². The van der Waals surface area contributed by atoms with E-state index in [0.29, 0.717) is 5.56 Å². The Kier molecular flexibility index (Phi) is 6.43. The van der Waals surface area contributed by atoms with Crippen LogP contribution in [0.15, 0.2) is 47.4 Å². The Morgan fingerprint density at radius 3 is 2.10 bits per heavy atom. The molecule has 0 aliphatic carbocycles. The van der Waals surface area contributed by atoms with Crippen molar-refractivity contribution in [3.8, 4) is 22.6 Å². The SMILES string of the molecule is CC(C)C(NS(=O)(=O)c1ccc(-c2ccc(O)cc2)cc1OC(F)(F)F)C(=O)O. The number of nitrogens with one attached hydrogen (secondary N) is 1. The van der Waals surface area contributed by atoms with Gasteiger partial charge in [0.1, 0.15) is 22.4 Å². The van der Waals surface area contributed by atoms with Gasteiger partial charge in [-0.1, -0.05) is 32.0 Å². The van der Waals surface area contributed by atoms with E-state index in [1.54, 1.807) is 0 Å². The number of hydrogen-bond acceptors (Lipinski definition) is 5. The number of hydrogen-bond donors (Lipinski definition) is 3. The molecule has 1 unspecified atom stereocenters. The Labute approximate surface area is 164 Å². The Balaban J connectivity index is 2.55. The van der Waals surface area contributed by atoms with Gasteiger partial charge in [0.15, 0.2) is 0 Å². The summed E-state index contributed by atoms with van der Waals surface area (Å²) >= 11 is 0. The number of phenols is 1. The van der Waals surface area contributed by atoms with Crippen molar-refractivity contribution < 1.29 is 41.3 Å². The van der Waals surface area contributed by atoms with Crippen molar-refractivity contribution in [1.29, 1.82) is 0 Å². The molecule has 0 aliphatic heterocycles. The molecule has 7 nitrogen and oxygen atoms in total. The first kappa shape index (κ1) is 22.5. The van der Waals surface area contributed by atoms with Gasteiger partial charge in [0.25, 0.3) is 0 Å². The zero-order valence-electron chi connectivity index (χ0n) is 15.3. The van der Waals surface area contributed by atoms with E-state index in [1.807, 2.05) is 4.72 Å². The smallest absolute Gasteiger partial charge is 0.508 e. The Morgan fingerprint density at radius 1 is 1.07 bits per heavy atom. The maximum atomic E-state index is 12.9. The maximum Gasteiger partial charge on any atom is 0.573 e. The largest absolute Gasteiger partial charge is 0.573 e. The van der Waals surface area contributed by atoms with Crippen LogP contribution >= 0.6 is 0 Å². The third-order valence-electron chi connectivity index (χ3n) is 3.87. The Morgan fingerprint density at radius 2 is 1.62 bits per heavy atom. The average molecular weight is 433 g/mol. The van der Waals surface area contributed by atoms with Crippen molar-refractivity contribution in [3.05, 3.63) is 42.5 Å². The number of aliphatic carboxylic acids is 1. The second-order valence-electron chi connectivity index (χ2n) is 6.44. The Bertz CT molecular complexity index is 988. The van der Waals surface area contributed by atoms with Gasteiger partial charge in [0.05, 0.1) is 0 Å². The summed E-state index contributed by atoms with van der Waals surface area (Å²) in [6.07, 6.45) is -5.18. The first-order chi connectivity index (χ1) is 13.3. The van der Waals surface area contributed by atoms with E-state index in [1.165, 1.54) is 44.2 Å². The highest BCUT2D eigenvalue weighted by Crippen LogP contribution is 2.34. The zero-order valence-corrected chi connectivity index (χ0v) is 16.1. The number of rotatable bonds is 7. The van der Waals surface area contributed by atoms with Gasteiger partial charge in [0, 0.05) is 0 Å². The van der Waals surface area contributed by atoms with Crippen LogP contribution in [0.1, 0.15) is 13.8 Å². The second-order valence-corrected chi connectivity index (χ2v) is 8.12. The lowest BCUT2D eigenvalue weighted by atomic mass is 10.1. The number of halogens is 3. The summed E-state index contributed by atoms with van der Waals surface area (Å²) in [5.41, 5.74) is 0.596. The maximum absolute atomic E-state index is 12.9. The fourth-order valence-corrected chi connectivity index (χ4v) is 3.92. The van der Waals surface area contributed by atoms with Crippen LogP contribution in [0.4, 0.5) is 13.2 Å². The molecule has 1 atom stereocenters. The van der Waals surface area contributed by atoms with Gasteiger partial charge in [-0.15, -0.1) is 13.2 Å². The summed E-state index contributed by atoms with van der Waals surface area (Å²) in [5.74, 6) is -3.20. The molecule has 0 radical (unpaired) electrons. The minimum atomic E-state index is -5.18. The van der Waals surface area contributed by atoms with Crippen LogP contribution in [0, 0.1) is 5.92 Å². The third kappa shape index (κ3) is 5.84. The number of benzene rings is 2. The fourth-order valence-electron chi connectivity index (χ4n) is 2.47. The molecular formula is C18H18F3NO6S. The van der Waals surface area contributed by atoms with E-state index >= 15 is 0 Å². The number of ether oxygens (including phenoxy) is 1. The molecule has 0 fully saturated rings. The predicted octanol–water partition coefficient (Wildman–Crippen LogP) is 3.35. The minimum Gasteiger partial charge on any atom is -0.508 e. The molecule has 158 valence electrons. The van der Waals surface area contributed by atoms with E-state index in [9.17, 15) is 31.5 Å². The molecule has 2 aromatic carbocycles. The van der Waals surface area contributed by atoms with Crippen molar-refractivity contribution in [2.75, 3.05) is 0 Å². The molecule has 0 saturated carbocycles. The summed E-state index contributed by atoms with van der Waals surface area (Å²) in [7, 11) is -4.65. The number of carbonyl (C=O) groups is 1. The number of alkyl halides is 3. The van der Waals surface area contributed by atoms with Gasteiger partial charge >= 0.3 is 12.3 Å². The van der Waals surface area contributed by atoms with Crippen LogP contribution in [-0.4, -0.2) is 37.0 Å². The molecule has 11 heteroatoms. The topological polar surface area (TPSA) is 113 Å². The number of carboxylic acids is 1. The van der Waals surface area contributed by atoms with Gasteiger partial charge in [-0.25, -0.2) is 8.42 Å². The lowest BCUT2D eigenvalue weighted by molar-refractivity contribution is -0.275. The van der Waals surface area contributed by atoms with Crippen molar-refractivity contribution in [1.82, 2.24) is 4.72 Å². The van der Waals surface area contributed by atoms with Crippen molar-refractivity contribution in [2.24, 2.45) is 5.92 Å². The standard InChI is InChI=1S/C18H18F3NO6S/c1-10(2)16(17(24)25)22-29(26,27)15-8-5-12(9-14(15)28-18(19,20)21)11-3-6-13(23)7-4-11/h3-10,16,22-23H,1-2H3,(H,24,25). The summed E-state index contributed by atoms with van der Waals surface area (Å²) < 4.78 is 69.5. The monoisotopic (exact) mass is 433 g/mol. The molecule has 0 bridgehead atoms. The van der Waals surface area contributed by atoms with E-state index in [4.69, 9.17) is 5.11 Å². The van der Waals surface area contributed by atoms with E-state index in [2.05, 4.69) is 4.74 Å². The minimum absolute atomic E-state index is 0.0580. The molecular weight excluding hydrogens is 415 g/mol. The normalized spacial score (nSPS) is 13.3. The van der Waals surface area contributed by atoms with Crippen LogP contribution in [0.3, 0.4) is 0 Å². The van der Waals surface area contributed by atoms with Crippen LogP contribution in [0.2, 0.25) is 0 Å². The zero-order chi connectivity index (χ0) is 22.0. The van der Waals surface area contributed by atoms with Crippen LogP contribution in [0.25, 0.3) is 11.1 Å². The predicted molar refractivity (Wildman–Crippen MR) is 96.8 cm³/mol. The quantitative estimate of drug-likeness (QED) is 0.617. The lowest BCUT2D eigenvalue weighted by Gasteiger charge is -2.20. The van der Waals surface area contributed by atoms with E-state index in [-0.39, 0.29) is 11.3 Å². The summed E-state index contributed by atoms with van der Waals surface area (Å²) in [6, 6.07) is 6.94. The second kappa shape index (κ2) is 8.29. The number of sulfonamides is 1. The van der Waals surface area contributed by atoms with Gasteiger partial charge in [-0.3, -0.25) is 4.79 Å².